The molecule has 0 radical (unpaired) electrons. The molecule has 4 rings (SSSR count). The second-order valence-electron chi connectivity index (χ2n) is 7.35. The molecule has 27 heavy (non-hydrogen) atoms. The number of fused-ring (bicyclic) bond motifs is 2. The summed E-state index contributed by atoms with van der Waals surface area (Å²) in [7, 11) is 0. The fourth-order valence-electron chi connectivity index (χ4n) is 3.88. The van der Waals surface area contributed by atoms with Crippen LogP contribution >= 0.6 is 11.8 Å². The predicted octanol–water partition coefficient (Wildman–Crippen LogP) is 2.91. The Morgan fingerprint density at radius 3 is 2.93 bits per heavy atom. The average molecular weight is 387 g/mol. The van der Waals surface area contributed by atoms with E-state index in [1.165, 1.54) is 6.07 Å². The Morgan fingerprint density at radius 1 is 1.37 bits per heavy atom. The van der Waals surface area contributed by atoms with E-state index in [2.05, 4.69) is 0 Å². The van der Waals surface area contributed by atoms with Crippen LogP contribution in [0.5, 0.6) is 0 Å². The fraction of sp³-hybridized carbons (Fsp3) is 0.450. The Labute approximate surface area is 160 Å². The topological polar surface area (TPSA) is 76.8 Å². The summed E-state index contributed by atoms with van der Waals surface area (Å²) in [4.78, 5) is 38.2. The fourth-order valence-corrected chi connectivity index (χ4v) is 5.30. The van der Waals surface area contributed by atoms with E-state index < -0.39 is 17.6 Å². The Hall–Kier alpha value is -2.28. The van der Waals surface area contributed by atoms with Crippen molar-refractivity contribution in [3.8, 4) is 0 Å². The first-order valence-electron chi connectivity index (χ1n) is 8.96. The maximum atomic E-state index is 12.7. The lowest BCUT2D eigenvalue weighted by molar-refractivity contribution is -0.154. The lowest BCUT2D eigenvalue weighted by atomic mass is 10.0. The number of amides is 1. The van der Waals surface area contributed by atoms with E-state index in [1.807, 2.05) is 32.9 Å². The molecule has 3 heterocycles. The Balaban J connectivity index is 1.57. The van der Waals surface area contributed by atoms with E-state index in [9.17, 15) is 14.4 Å². The van der Waals surface area contributed by atoms with Crippen LogP contribution in [0.25, 0.3) is 11.0 Å². The summed E-state index contributed by atoms with van der Waals surface area (Å²) >= 11 is 1.62. The number of thioether (sulfide) groups is 1. The van der Waals surface area contributed by atoms with Crippen LogP contribution in [0.4, 0.5) is 0 Å². The van der Waals surface area contributed by atoms with Gasteiger partial charge in [-0.3, -0.25) is 4.79 Å². The summed E-state index contributed by atoms with van der Waals surface area (Å²) in [5.74, 6) is 0.116. The average Bonchev–Trinajstić information content (AvgIpc) is 3.12. The molecule has 1 aromatic heterocycles. The molecule has 0 bridgehead atoms. The summed E-state index contributed by atoms with van der Waals surface area (Å²) in [6, 6.07) is 4.62. The van der Waals surface area contributed by atoms with E-state index in [1.54, 1.807) is 16.7 Å². The van der Waals surface area contributed by atoms with Crippen molar-refractivity contribution in [2.24, 2.45) is 0 Å². The number of hydrogen-bond acceptors (Lipinski definition) is 6. The first-order valence-corrected chi connectivity index (χ1v) is 9.94. The third kappa shape index (κ3) is 2.94. The number of esters is 1. The first-order chi connectivity index (χ1) is 12.8. The van der Waals surface area contributed by atoms with Crippen molar-refractivity contribution in [2.75, 3.05) is 5.75 Å². The number of ether oxygens (including phenoxy) is 1. The molecule has 1 amide bonds. The van der Waals surface area contributed by atoms with Crippen molar-refractivity contribution >= 4 is 34.6 Å². The van der Waals surface area contributed by atoms with Crippen LogP contribution in [0.1, 0.15) is 36.5 Å². The van der Waals surface area contributed by atoms with Gasteiger partial charge < -0.3 is 14.1 Å². The quantitative estimate of drug-likeness (QED) is 0.595. The third-order valence-corrected chi connectivity index (χ3v) is 7.11. The summed E-state index contributed by atoms with van der Waals surface area (Å²) < 4.78 is 10.9. The minimum atomic E-state index is -0.564. The number of nitrogens with zero attached hydrogens (tertiary/aromatic N) is 1. The molecule has 2 aliphatic rings. The monoisotopic (exact) mass is 387 g/mol. The molecule has 2 aromatic rings. The number of benzene rings is 1. The molecule has 2 aliphatic heterocycles. The summed E-state index contributed by atoms with van der Waals surface area (Å²) in [6.45, 7) is 5.81. The second kappa shape index (κ2) is 6.41. The number of rotatable bonds is 3. The zero-order chi connectivity index (χ0) is 19.3. The highest BCUT2D eigenvalue weighted by Crippen LogP contribution is 2.47. The molecular weight excluding hydrogens is 366 g/mol. The zero-order valence-electron chi connectivity index (χ0n) is 15.5. The van der Waals surface area contributed by atoms with Crippen LogP contribution in [-0.2, 0) is 20.9 Å². The third-order valence-electron chi connectivity index (χ3n) is 5.60. The van der Waals surface area contributed by atoms with E-state index >= 15 is 0 Å². The molecule has 0 aliphatic carbocycles. The van der Waals surface area contributed by atoms with Gasteiger partial charge in [0.25, 0.3) is 0 Å². The maximum Gasteiger partial charge on any atom is 0.336 e. The highest BCUT2D eigenvalue weighted by Gasteiger charge is 2.53. The summed E-state index contributed by atoms with van der Waals surface area (Å²) in [5.41, 5.74) is 2.57. The smallest absolute Gasteiger partial charge is 0.336 e. The van der Waals surface area contributed by atoms with Gasteiger partial charge in [-0.25, -0.2) is 9.59 Å². The molecule has 2 saturated heterocycles. The van der Waals surface area contributed by atoms with Crippen LogP contribution in [0.2, 0.25) is 0 Å². The predicted molar refractivity (Wildman–Crippen MR) is 102 cm³/mol. The molecule has 0 saturated carbocycles. The lowest BCUT2D eigenvalue weighted by Gasteiger charge is -2.29. The maximum absolute atomic E-state index is 12.7. The number of carbonyl (C=O) groups excluding carboxylic acids is 2. The van der Waals surface area contributed by atoms with Crippen molar-refractivity contribution in [1.29, 1.82) is 0 Å². The molecular formula is C20H21NO5S. The molecule has 1 aromatic carbocycles. The van der Waals surface area contributed by atoms with E-state index in [-0.39, 0.29) is 17.4 Å². The highest BCUT2D eigenvalue weighted by atomic mass is 32.2. The minimum Gasteiger partial charge on any atom is -0.459 e. The SMILES string of the molecule is Cc1ccc2c(COC(=O)[C@@H]3CS[C@]4(C)CCC(=O)N34)cc(=O)oc2c1C. The van der Waals surface area contributed by atoms with Crippen molar-refractivity contribution in [3.05, 3.63) is 45.3 Å². The van der Waals surface area contributed by atoms with Crippen molar-refractivity contribution < 1.29 is 18.7 Å². The van der Waals surface area contributed by atoms with Gasteiger partial charge in [0.05, 0.1) is 4.87 Å². The minimum absolute atomic E-state index is 0.00125. The molecule has 0 spiro atoms. The van der Waals surface area contributed by atoms with Crippen molar-refractivity contribution in [1.82, 2.24) is 4.90 Å². The highest BCUT2D eigenvalue weighted by molar-refractivity contribution is 8.01. The lowest BCUT2D eigenvalue weighted by Crippen LogP contribution is -2.46. The molecule has 2 atom stereocenters. The molecule has 142 valence electrons. The normalized spacial score (nSPS) is 24.5. The van der Waals surface area contributed by atoms with Crippen LogP contribution in [0.3, 0.4) is 0 Å². The summed E-state index contributed by atoms with van der Waals surface area (Å²) in [6.07, 6.45) is 1.22. The zero-order valence-corrected chi connectivity index (χ0v) is 16.4. The number of carbonyl (C=O) groups is 2. The van der Waals surface area contributed by atoms with Crippen LogP contribution in [-0.4, -0.2) is 33.4 Å². The standard InChI is InChI=1S/C20H21NO5S/c1-11-4-5-14-13(8-17(23)26-18(14)12(11)2)9-25-19(24)15-10-27-20(3)7-6-16(22)21(15)20/h4-5,8,15H,6-7,9-10H2,1-3H3/t15-,20+/m0/s1. The van der Waals surface area contributed by atoms with E-state index in [4.69, 9.17) is 9.15 Å². The van der Waals surface area contributed by atoms with Gasteiger partial charge in [-0.05, 0) is 38.3 Å². The van der Waals surface area contributed by atoms with Crippen LogP contribution in [0, 0.1) is 13.8 Å². The van der Waals surface area contributed by atoms with Gasteiger partial charge in [-0.2, -0.15) is 0 Å². The Kier molecular flexibility index (Phi) is 4.29. The Bertz CT molecular complexity index is 1010. The molecule has 6 nitrogen and oxygen atoms in total. The van der Waals surface area contributed by atoms with Gasteiger partial charge in [-0.1, -0.05) is 12.1 Å². The first kappa shape index (κ1) is 18.1. The van der Waals surface area contributed by atoms with Crippen LogP contribution < -0.4 is 5.63 Å². The van der Waals surface area contributed by atoms with Crippen molar-refractivity contribution in [3.63, 3.8) is 0 Å². The largest absolute Gasteiger partial charge is 0.459 e. The Morgan fingerprint density at radius 2 is 2.15 bits per heavy atom. The molecule has 0 unspecified atom stereocenters. The van der Waals surface area contributed by atoms with Gasteiger partial charge in [0.1, 0.15) is 18.2 Å². The number of hydrogen-bond donors (Lipinski definition) is 0. The van der Waals surface area contributed by atoms with Gasteiger partial charge in [0, 0.05) is 29.2 Å². The second-order valence-corrected chi connectivity index (χ2v) is 8.85. The molecule has 2 fully saturated rings. The van der Waals surface area contributed by atoms with E-state index in [0.717, 1.165) is 22.9 Å². The summed E-state index contributed by atoms with van der Waals surface area (Å²) in [5, 5.41) is 0.758. The van der Waals surface area contributed by atoms with Gasteiger partial charge in [0.15, 0.2) is 0 Å². The van der Waals surface area contributed by atoms with Gasteiger partial charge in [0.2, 0.25) is 5.91 Å². The molecule has 0 N–H and O–H groups in total. The van der Waals surface area contributed by atoms with Crippen LogP contribution in [0.15, 0.2) is 27.4 Å². The van der Waals surface area contributed by atoms with Gasteiger partial charge in [-0.15, -0.1) is 11.8 Å². The van der Waals surface area contributed by atoms with Crippen molar-refractivity contribution in [2.45, 2.75) is 51.1 Å². The van der Waals surface area contributed by atoms with E-state index in [0.29, 0.717) is 23.3 Å². The molecule has 7 heteroatoms. The van der Waals surface area contributed by atoms with Gasteiger partial charge >= 0.3 is 11.6 Å². The number of aryl methyl sites for hydroxylation is 2.